The molecule has 0 unspecified atom stereocenters. The van der Waals surface area contributed by atoms with Crippen molar-refractivity contribution in [3.05, 3.63) is 70.8 Å². The number of hydrogen-bond donors (Lipinski definition) is 5. The number of rotatable bonds is 11. The number of carbonyl (C=O) groups is 2. The number of allylic oxidation sites excluding steroid dienone is 2. The number of carbonyl (C=O) groups excluding carboxylic acids is 2. The molecule has 41 heavy (non-hydrogen) atoms. The van der Waals surface area contributed by atoms with Gasteiger partial charge in [-0.3, -0.25) is 14.5 Å². The van der Waals surface area contributed by atoms with Crippen molar-refractivity contribution >= 4 is 36.2 Å². The van der Waals surface area contributed by atoms with Crippen LogP contribution < -0.4 is 10.4 Å². The fraction of sp³-hybridized carbons (Fsp3) is 0.438. The van der Waals surface area contributed by atoms with Crippen molar-refractivity contribution in [3.63, 3.8) is 0 Å². The van der Waals surface area contributed by atoms with Crippen molar-refractivity contribution in [1.29, 1.82) is 0 Å². The van der Waals surface area contributed by atoms with E-state index in [0.29, 0.717) is 24.8 Å². The van der Waals surface area contributed by atoms with E-state index in [1.807, 2.05) is 26.0 Å². The standard InChI is InChI=1S/C32H40BNO7/c1-4-7-20(14-21-8-5-11-24(36)15-21)12-13-28(37)29-25(19(2)3)17-26-30(27(29)18-35)32(39)34(31(26)38)23-10-6-9-22(16-23)33(40)41/h5-6,8-11,14-16,19,26-28,30,35-37,40-41H,4,7,12-13,17-18H2,1-3H3/b20-14+/t26-,27+,28-,30-/m1/s1. The molecule has 5 N–H and O–H groups in total. The van der Waals surface area contributed by atoms with E-state index in [1.165, 1.54) is 12.1 Å². The van der Waals surface area contributed by atoms with E-state index in [1.54, 1.807) is 30.3 Å². The predicted octanol–water partition coefficient (Wildman–Crippen LogP) is 3.17. The van der Waals surface area contributed by atoms with Gasteiger partial charge in [-0.25, -0.2) is 0 Å². The van der Waals surface area contributed by atoms with Crippen LogP contribution in [0.5, 0.6) is 5.75 Å². The summed E-state index contributed by atoms with van der Waals surface area (Å²) < 4.78 is 0. The number of phenolic OH excluding ortho intramolecular Hbond substituents is 1. The van der Waals surface area contributed by atoms with Crippen LogP contribution in [0.1, 0.15) is 58.4 Å². The number of imide groups is 1. The molecular formula is C32H40BNO7. The van der Waals surface area contributed by atoms with Gasteiger partial charge < -0.3 is 25.4 Å². The fourth-order valence-electron chi connectivity index (χ4n) is 6.44. The molecule has 2 aromatic carbocycles. The van der Waals surface area contributed by atoms with Crippen LogP contribution in [0.4, 0.5) is 5.69 Å². The molecule has 4 atom stereocenters. The zero-order valence-corrected chi connectivity index (χ0v) is 23.9. The Labute approximate surface area is 241 Å². The Kier molecular flexibility index (Phi) is 9.86. The summed E-state index contributed by atoms with van der Waals surface area (Å²) in [5, 5.41) is 51.2. The van der Waals surface area contributed by atoms with Crippen molar-refractivity contribution in [2.24, 2.45) is 23.7 Å². The van der Waals surface area contributed by atoms with E-state index >= 15 is 0 Å². The number of fused-ring (bicyclic) bond motifs is 1. The molecular weight excluding hydrogens is 521 g/mol. The minimum atomic E-state index is -1.74. The Morgan fingerprint density at radius 2 is 1.80 bits per heavy atom. The Balaban J connectivity index is 1.63. The first-order chi connectivity index (χ1) is 19.6. The van der Waals surface area contributed by atoms with E-state index in [2.05, 4.69) is 6.92 Å². The van der Waals surface area contributed by atoms with Gasteiger partial charge in [-0.15, -0.1) is 0 Å². The number of aromatic hydroxyl groups is 1. The number of nitrogens with zero attached hydrogens (tertiary/aromatic N) is 1. The van der Waals surface area contributed by atoms with Crippen LogP contribution >= 0.6 is 0 Å². The van der Waals surface area contributed by atoms with Crippen LogP contribution in [-0.4, -0.2) is 57.0 Å². The third-order valence-corrected chi connectivity index (χ3v) is 8.35. The van der Waals surface area contributed by atoms with Gasteiger partial charge in [-0.2, -0.15) is 0 Å². The summed E-state index contributed by atoms with van der Waals surface area (Å²) in [7, 11) is -1.74. The minimum Gasteiger partial charge on any atom is -0.508 e. The number of benzene rings is 2. The van der Waals surface area contributed by atoms with Crippen molar-refractivity contribution in [3.8, 4) is 5.75 Å². The second kappa shape index (κ2) is 13.2. The van der Waals surface area contributed by atoms with Crippen molar-refractivity contribution in [2.75, 3.05) is 11.5 Å². The summed E-state index contributed by atoms with van der Waals surface area (Å²) in [6, 6.07) is 13.1. The molecule has 4 rings (SSSR count). The molecule has 218 valence electrons. The largest absolute Gasteiger partial charge is 0.508 e. The van der Waals surface area contributed by atoms with E-state index < -0.39 is 36.9 Å². The molecule has 2 aromatic rings. The van der Waals surface area contributed by atoms with E-state index in [-0.39, 0.29) is 35.3 Å². The third kappa shape index (κ3) is 6.49. The van der Waals surface area contributed by atoms with Crippen LogP contribution in [0, 0.1) is 23.7 Å². The van der Waals surface area contributed by atoms with Crippen molar-refractivity contribution in [2.45, 2.75) is 59.0 Å². The highest BCUT2D eigenvalue weighted by Crippen LogP contribution is 2.48. The van der Waals surface area contributed by atoms with Gasteiger partial charge in [-0.1, -0.05) is 68.7 Å². The van der Waals surface area contributed by atoms with Crippen LogP contribution in [0.15, 0.2) is 65.3 Å². The third-order valence-electron chi connectivity index (χ3n) is 8.35. The molecule has 0 saturated carbocycles. The molecule has 1 aliphatic carbocycles. The lowest BCUT2D eigenvalue weighted by Gasteiger charge is -2.38. The van der Waals surface area contributed by atoms with Gasteiger partial charge in [0, 0.05) is 5.92 Å². The van der Waals surface area contributed by atoms with Crippen molar-refractivity contribution in [1.82, 2.24) is 0 Å². The number of phenols is 1. The van der Waals surface area contributed by atoms with Gasteiger partial charge in [0.1, 0.15) is 5.75 Å². The molecule has 1 aliphatic heterocycles. The molecule has 0 aromatic heterocycles. The van der Waals surface area contributed by atoms with Gasteiger partial charge in [-0.05, 0) is 72.5 Å². The first-order valence-electron chi connectivity index (χ1n) is 14.4. The Morgan fingerprint density at radius 3 is 2.44 bits per heavy atom. The summed E-state index contributed by atoms with van der Waals surface area (Å²) >= 11 is 0. The Morgan fingerprint density at radius 1 is 1.07 bits per heavy atom. The van der Waals surface area contributed by atoms with Crippen LogP contribution in [0.2, 0.25) is 0 Å². The Bertz CT molecular complexity index is 1330. The van der Waals surface area contributed by atoms with E-state index in [0.717, 1.165) is 34.5 Å². The summed E-state index contributed by atoms with van der Waals surface area (Å²) in [6.07, 6.45) is 4.19. The lowest BCUT2D eigenvalue weighted by Crippen LogP contribution is -2.40. The number of hydrogen-bond acceptors (Lipinski definition) is 7. The summed E-state index contributed by atoms with van der Waals surface area (Å²) in [5.41, 5.74) is 3.98. The SMILES string of the molecule is CCC/C(=C\c1cccc(O)c1)CC[C@@H](O)C1=C(C(C)C)C[C@H]2C(=O)N(c3cccc(B(O)O)c3)C(=O)[C@H]2[C@H]1CO. The second-order valence-electron chi connectivity index (χ2n) is 11.4. The lowest BCUT2D eigenvalue weighted by atomic mass is 9.66. The molecule has 1 fully saturated rings. The second-order valence-corrected chi connectivity index (χ2v) is 11.4. The average molecular weight is 561 g/mol. The molecule has 8 nitrogen and oxygen atoms in total. The van der Waals surface area contributed by atoms with Gasteiger partial charge in [0.2, 0.25) is 11.8 Å². The molecule has 9 heteroatoms. The highest BCUT2D eigenvalue weighted by atomic mass is 16.4. The maximum absolute atomic E-state index is 13.8. The van der Waals surface area contributed by atoms with Gasteiger partial charge >= 0.3 is 7.12 Å². The summed E-state index contributed by atoms with van der Waals surface area (Å²) in [5.74, 6) is -2.85. The van der Waals surface area contributed by atoms with Crippen LogP contribution in [0.3, 0.4) is 0 Å². The molecule has 0 spiro atoms. The Hall–Kier alpha value is -3.24. The smallest absolute Gasteiger partial charge is 0.488 e. The quantitative estimate of drug-likeness (QED) is 0.161. The number of aliphatic hydroxyl groups excluding tert-OH is 2. The molecule has 1 saturated heterocycles. The fourth-order valence-corrected chi connectivity index (χ4v) is 6.44. The molecule has 0 bridgehead atoms. The van der Waals surface area contributed by atoms with Crippen LogP contribution in [-0.2, 0) is 9.59 Å². The average Bonchev–Trinajstić information content (AvgIpc) is 3.19. The number of aliphatic hydroxyl groups is 2. The molecule has 0 radical (unpaired) electrons. The highest BCUT2D eigenvalue weighted by Gasteiger charge is 2.55. The lowest BCUT2D eigenvalue weighted by molar-refractivity contribution is -0.123. The highest BCUT2D eigenvalue weighted by molar-refractivity contribution is 6.58. The zero-order chi connectivity index (χ0) is 29.8. The number of amides is 2. The van der Waals surface area contributed by atoms with Crippen LogP contribution in [0.25, 0.3) is 6.08 Å². The summed E-state index contributed by atoms with van der Waals surface area (Å²) in [6.45, 7) is 5.69. The van der Waals surface area contributed by atoms with Gasteiger partial charge in [0.15, 0.2) is 0 Å². The first kappa shape index (κ1) is 30.7. The zero-order valence-electron chi connectivity index (χ0n) is 23.9. The topological polar surface area (TPSA) is 139 Å². The molecule has 2 amide bonds. The molecule has 2 aliphatic rings. The molecule has 1 heterocycles. The van der Waals surface area contributed by atoms with E-state index in [4.69, 9.17) is 0 Å². The first-order valence-corrected chi connectivity index (χ1v) is 14.4. The predicted molar refractivity (Wildman–Crippen MR) is 159 cm³/mol. The van der Waals surface area contributed by atoms with Crippen molar-refractivity contribution < 1.29 is 35.0 Å². The maximum atomic E-state index is 13.8. The normalized spacial score (nSPS) is 22.0. The number of anilines is 1. The van der Waals surface area contributed by atoms with Gasteiger partial charge in [0.25, 0.3) is 0 Å². The van der Waals surface area contributed by atoms with E-state index in [9.17, 15) is 35.0 Å². The van der Waals surface area contributed by atoms with Gasteiger partial charge in [0.05, 0.1) is 30.2 Å². The monoisotopic (exact) mass is 561 g/mol. The maximum Gasteiger partial charge on any atom is 0.488 e. The summed E-state index contributed by atoms with van der Waals surface area (Å²) in [4.78, 5) is 28.5. The minimum absolute atomic E-state index is 0.00239.